The van der Waals surface area contributed by atoms with E-state index in [1.807, 2.05) is 0 Å². The first-order valence-corrected chi connectivity index (χ1v) is 7.91. The summed E-state index contributed by atoms with van der Waals surface area (Å²) in [5.74, 6) is 1.60. The molecule has 0 radical (unpaired) electrons. The lowest BCUT2D eigenvalue weighted by Crippen LogP contribution is -2.33. The molecule has 0 spiro atoms. The number of benzene rings is 1. The summed E-state index contributed by atoms with van der Waals surface area (Å²) >= 11 is 3.52. The zero-order chi connectivity index (χ0) is 13.4. The Labute approximate surface area is 122 Å². The maximum Gasteiger partial charge on any atom is 0.114 e. The zero-order valence-corrected chi connectivity index (χ0v) is 12.9. The van der Waals surface area contributed by atoms with Crippen molar-refractivity contribution in [2.45, 2.75) is 51.1 Å². The molecule has 0 saturated heterocycles. The number of aryl methyl sites for hydroxylation is 1. The average molecular weight is 322 g/mol. The fraction of sp³-hybridized carbons (Fsp3) is 0.533. The molecule has 1 aromatic heterocycles. The Bertz CT molecular complexity index is 590. The highest BCUT2D eigenvalue weighted by molar-refractivity contribution is 9.10. The van der Waals surface area contributed by atoms with E-state index in [1.165, 1.54) is 30.6 Å². The van der Waals surface area contributed by atoms with Crippen LogP contribution in [0.4, 0.5) is 0 Å². The van der Waals surface area contributed by atoms with E-state index in [0.717, 1.165) is 23.0 Å². The molecule has 3 nitrogen and oxygen atoms in total. The number of imidazole rings is 1. The molecule has 1 aliphatic rings. The number of hydrogen-bond acceptors (Lipinski definition) is 2. The van der Waals surface area contributed by atoms with Gasteiger partial charge < -0.3 is 10.3 Å². The highest BCUT2D eigenvalue weighted by Gasteiger charge is 2.28. The van der Waals surface area contributed by atoms with Gasteiger partial charge in [0, 0.05) is 23.0 Å². The summed E-state index contributed by atoms with van der Waals surface area (Å²) in [5.41, 5.74) is 8.62. The van der Waals surface area contributed by atoms with E-state index < -0.39 is 0 Å². The number of nitrogens with zero attached hydrogens (tertiary/aromatic N) is 2. The molecule has 1 fully saturated rings. The van der Waals surface area contributed by atoms with Crippen molar-refractivity contribution < 1.29 is 0 Å². The third-order valence-corrected chi connectivity index (χ3v) is 4.70. The van der Waals surface area contributed by atoms with Crippen molar-refractivity contribution in [3.63, 3.8) is 0 Å². The Morgan fingerprint density at radius 3 is 2.89 bits per heavy atom. The average Bonchev–Trinajstić information content (AvgIpc) is 2.76. The van der Waals surface area contributed by atoms with Gasteiger partial charge in [0.2, 0.25) is 0 Å². The summed E-state index contributed by atoms with van der Waals surface area (Å²) in [6.45, 7) is 3.14. The summed E-state index contributed by atoms with van der Waals surface area (Å²) in [5, 5.41) is 0. The molecule has 0 bridgehead atoms. The predicted octanol–water partition coefficient (Wildman–Crippen LogP) is 3.80. The van der Waals surface area contributed by atoms with Crippen LogP contribution in [-0.4, -0.2) is 15.6 Å². The molecule has 0 aliphatic heterocycles. The van der Waals surface area contributed by atoms with Crippen molar-refractivity contribution in [2.75, 3.05) is 0 Å². The van der Waals surface area contributed by atoms with Gasteiger partial charge in [-0.05, 0) is 38.0 Å². The van der Waals surface area contributed by atoms with Crippen molar-refractivity contribution in [3.05, 3.63) is 28.5 Å². The maximum atomic E-state index is 6.32. The highest BCUT2D eigenvalue weighted by Crippen LogP contribution is 2.33. The first-order valence-electron chi connectivity index (χ1n) is 7.12. The second-order valence-corrected chi connectivity index (χ2v) is 6.32. The van der Waals surface area contributed by atoms with Gasteiger partial charge in [-0.15, -0.1) is 0 Å². The van der Waals surface area contributed by atoms with Crippen molar-refractivity contribution in [1.82, 2.24) is 9.55 Å². The van der Waals surface area contributed by atoms with E-state index in [0.29, 0.717) is 5.92 Å². The lowest BCUT2D eigenvalue weighted by molar-refractivity contribution is 0.366. The summed E-state index contributed by atoms with van der Waals surface area (Å²) < 4.78 is 3.41. The molecule has 3 rings (SSSR count). The molecule has 4 heteroatoms. The van der Waals surface area contributed by atoms with Gasteiger partial charge in [-0.25, -0.2) is 4.98 Å². The molecule has 102 valence electrons. The van der Waals surface area contributed by atoms with Gasteiger partial charge >= 0.3 is 0 Å². The van der Waals surface area contributed by atoms with E-state index in [4.69, 9.17) is 10.7 Å². The van der Waals surface area contributed by atoms with Gasteiger partial charge in [-0.2, -0.15) is 0 Å². The minimum atomic E-state index is 0.263. The van der Waals surface area contributed by atoms with E-state index >= 15 is 0 Å². The molecule has 1 aromatic carbocycles. The molecule has 1 saturated carbocycles. The van der Waals surface area contributed by atoms with Crippen LogP contribution >= 0.6 is 15.9 Å². The van der Waals surface area contributed by atoms with E-state index in [2.05, 4.69) is 45.6 Å². The van der Waals surface area contributed by atoms with Crippen LogP contribution in [0.15, 0.2) is 22.7 Å². The Morgan fingerprint density at radius 2 is 2.16 bits per heavy atom. The second kappa shape index (κ2) is 5.25. The number of halogens is 1. The third-order valence-electron chi connectivity index (χ3n) is 4.21. The van der Waals surface area contributed by atoms with Crippen molar-refractivity contribution in [2.24, 2.45) is 5.73 Å². The summed E-state index contributed by atoms with van der Waals surface area (Å²) in [4.78, 5) is 4.87. The van der Waals surface area contributed by atoms with Crippen LogP contribution in [0.5, 0.6) is 0 Å². The van der Waals surface area contributed by atoms with Gasteiger partial charge in [0.15, 0.2) is 0 Å². The molecule has 2 unspecified atom stereocenters. The van der Waals surface area contributed by atoms with Crippen LogP contribution in [0, 0.1) is 0 Å². The van der Waals surface area contributed by atoms with Crippen LogP contribution in [0.3, 0.4) is 0 Å². The minimum absolute atomic E-state index is 0.263. The lowest BCUT2D eigenvalue weighted by Gasteiger charge is -2.28. The van der Waals surface area contributed by atoms with E-state index in [1.54, 1.807) is 0 Å². The third kappa shape index (κ3) is 2.32. The van der Waals surface area contributed by atoms with Gasteiger partial charge in [0.05, 0.1) is 11.0 Å². The van der Waals surface area contributed by atoms with Crippen LogP contribution in [0.25, 0.3) is 11.0 Å². The van der Waals surface area contributed by atoms with Crippen LogP contribution in [0.1, 0.15) is 44.3 Å². The minimum Gasteiger partial charge on any atom is -0.328 e. The molecule has 19 heavy (non-hydrogen) atoms. The standard InChI is InChI=1S/C15H20BrN3/c1-2-19-14-8-7-10(16)9-13(14)18-15(19)11-5-3-4-6-12(11)17/h7-9,11-12H,2-6,17H2,1H3. The fourth-order valence-electron chi connectivity index (χ4n) is 3.22. The first kappa shape index (κ1) is 13.1. The topological polar surface area (TPSA) is 43.8 Å². The molecule has 2 atom stereocenters. The Morgan fingerprint density at radius 1 is 1.37 bits per heavy atom. The van der Waals surface area contributed by atoms with Gasteiger partial charge in [0.1, 0.15) is 5.82 Å². The number of nitrogens with two attached hydrogens (primary N) is 1. The van der Waals surface area contributed by atoms with Crippen molar-refractivity contribution in [1.29, 1.82) is 0 Å². The summed E-state index contributed by atoms with van der Waals surface area (Å²) in [6.07, 6.45) is 4.83. The number of rotatable bonds is 2. The largest absolute Gasteiger partial charge is 0.328 e. The smallest absolute Gasteiger partial charge is 0.114 e. The molecular formula is C15H20BrN3. The molecule has 1 aliphatic carbocycles. The SMILES string of the molecule is CCn1c(C2CCCCC2N)nc2cc(Br)ccc21. The molecular weight excluding hydrogens is 302 g/mol. The lowest BCUT2D eigenvalue weighted by atomic mass is 9.84. The fourth-order valence-corrected chi connectivity index (χ4v) is 3.57. The Hall–Kier alpha value is -0.870. The van der Waals surface area contributed by atoms with E-state index in [-0.39, 0.29) is 6.04 Å². The van der Waals surface area contributed by atoms with Gasteiger partial charge in [-0.1, -0.05) is 28.8 Å². The maximum absolute atomic E-state index is 6.32. The second-order valence-electron chi connectivity index (χ2n) is 5.40. The van der Waals surface area contributed by atoms with E-state index in [9.17, 15) is 0 Å². The quantitative estimate of drug-likeness (QED) is 0.914. The first-order chi connectivity index (χ1) is 9.20. The van der Waals surface area contributed by atoms with Crippen LogP contribution in [0.2, 0.25) is 0 Å². The zero-order valence-electron chi connectivity index (χ0n) is 11.3. The number of fused-ring (bicyclic) bond motifs is 1. The molecule has 2 N–H and O–H groups in total. The van der Waals surface area contributed by atoms with Gasteiger partial charge in [0.25, 0.3) is 0 Å². The number of aromatic nitrogens is 2. The Balaban J connectivity index is 2.11. The molecule has 2 aromatic rings. The molecule has 1 heterocycles. The summed E-state index contributed by atoms with van der Waals surface area (Å²) in [7, 11) is 0. The number of hydrogen-bond donors (Lipinski definition) is 1. The monoisotopic (exact) mass is 321 g/mol. The predicted molar refractivity (Wildman–Crippen MR) is 82.3 cm³/mol. The van der Waals surface area contributed by atoms with Gasteiger partial charge in [-0.3, -0.25) is 0 Å². The summed E-state index contributed by atoms with van der Waals surface area (Å²) in [6, 6.07) is 6.59. The van der Waals surface area contributed by atoms with Crippen molar-refractivity contribution >= 4 is 27.0 Å². The Kier molecular flexibility index (Phi) is 3.63. The van der Waals surface area contributed by atoms with Crippen molar-refractivity contribution in [3.8, 4) is 0 Å². The molecule has 0 amide bonds. The normalized spacial score (nSPS) is 23.9. The highest BCUT2D eigenvalue weighted by atomic mass is 79.9. The van der Waals surface area contributed by atoms with Crippen LogP contribution < -0.4 is 5.73 Å². The van der Waals surface area contributed by atoms with Crippen LogP contribution in [-0.2, 0) is 6.54 Å².